The van der Waals surface area contributed by atoms with Gasteiger partial charge >= 0.3 is 5.97 Å². The number of hydrogen-bond acceptors (Lipinski definition) is 5. The molecule has 51 heavy (non-hydrogen) atoms. The monoisotopic (exact) mass is 710 g/mol. The molecule has 1 amide bonds. The van der Waals surface area contributed by atoms with E-state index in [9.17, 15) is 9.59 Å². The van der Waals surface area contributed by atoms with Gasteiger partial charge in [-0.2, -0.15) is 0 Å². The number of carbonyl (C=O) groups is 2. The minimum Gasteiger partial charge on any atom is -0.481 e. The number of amides is 1. The zero-order valence-corrected chi connectivity index (χ0v) is 30.9. The van der Waals surface area contributed by atoms with Crippen LogP contribution < -0.4 is 5.32 Å². The van der Waals surface area contributed by atoms with Crippen molar-refractivity contribution >= 4 is 51.1 Å². The van der Waals surface area contributed by atoms with E-state index < -0.39 is 5.97 Å². The lowest BCUT2D eigenvalue weighted by molar-refractivity contribution is -0.137. The van der Waals surface area contributed by atoms with Gasteiger partial charge in [0.1, 0.15) is 22.7 Å². The summed E-state index contributed by atoms with van der Waals surface area (Å²) in [5.41, 5.74) is 5.76. The third kappa shape index (κ3) is 8.64. The zero-order valence-electron chi connectivity index (χ0n) is 30.1. The average molecular weight is 711 g/mol. The van der Waals surface area contributed by atoms with Gasteiger partial charge in [0, 0.05) is 41.2 Å². The molecule has 270 valence electrons. The summed E-state index contributed by atoms with van der Waals surface area (Å²) in [6, 6.07) is 23.9. The van der Waals surface area contributed by atoms with Crippen LogP contribution in [-0.4, -0.2) is 35.5 Å². The Hall–Kier alpha value is -4.23. The molecule has 0 aliphatic heterocycles. The summed E-state index contributed by atoms with van der Waals surface area (Å²) in [6.45, 7) is 4.44. The molecule has 2 aliphatic carbocycles. The van der Waals surface area contributed by atoms with Crippen LogP contribution >= 0.6 is 11.6 Å². The molecule has 2 atom stereocenters. The van der Waals surface area contributed by atoms with Gasteiger partial charge in [0.2, 0.25) is 0 Å². The molecule has 2 N–H and O–H groups in total. The molecule has 5 aromatic rings. The fourth-order valence-electron chi connectivity index (χ4n) is 7.93. The lowest BCUT2D eigenvalue weighted by Crippen LogP contribution is -2.29. The molecule has 2 saturated carbocycles. The number of aryl methyl sites for hydroxylation is 2. The van der Waals surface area contributed by atoms with E-state index in [0.717, 1.165) is 33.8 Å². The van der Waals surface area contributed by atoms with Crippen LogP contribution in [0.5, 0.6) is 0 Å². The number of halogens is 1. The highest BCUT2D eigenvalue weighted by molar-refractivity contribution is 6.21. The summed E-state index contributed by atoms with van der Waals surface area (Å²) in [5, 5.41) is 14.9. The Labute approximate surface area is 306 Å². The molecule has 0 saturated heterocycles. The summed E-state index contributed by atoms with van der Waals surface area (Å²) in [4.78, 5) is 24.8. The zero-order chi connectivity index (χ0) is 35.9. The van der Waals surface area contributed by atoms with Crippen molar-refractivity contribution in [3.63, 3.8) is 0 Å². The third-order valence-electron chi connectivity index (χ3n) is 10.9. The van der Waals surface area contributed by atoms with Crippen molar-refractivity contribution in [3.8, 4) is 0 Å². The third-order valence-corrected chi connectivity index (χ3v) is 11.5. The molecule has 7 rings (SSSR count). The molecular weight excluding hydrogens is 660 g/mol. The Morgan fingerprint density at radius 2 is 1.27 bits per heavy atom. The van der Waals surface area contributed by atoms with E-state index in [1.165, 1.54) is 85.6 Å². The van der Waals surface area contributed by atoms with Crippen LogP contribution in [0.1, 0.15) is 115 Å². The summed E-state index contributed by atoms with van der Waals surface area (Å²) in [5.74, 6) is 1.96. The van der Waals surface area contributed by atoms with E-state index in [2.05, 4.69) is 37.4 Å². The number of fused-ring (bicyclic) bond motifs is 2. The van der Waals surface area contributed by atoms with E-state index in [-0.39, 0.29) is 30.3 Å². The quantitative estimate of drug-likeness (QED) is 0.140. The number of nitrogens with zero attached hydrogens (tertiary/aromatic N) is 1. The van der Waals surface area contributed by atoms with Crippen molar-refractivity contribution in [2.75, 3.05) is 18.9 Å². The number of rotatable bonds is 10. The standard InChI is InChI=1S/C27H32N2O4.C16H19ClO/c1-18-22-10-6-7-11-23(22)33-26(18)25(19-8-4-3-5-9-19)28-21-14-12-20(13-15-21)27(32)29(2)17-16-24(30)31;1-11-13-9-5-6-10-14(13)18-16(11)15(17)12-7-3-2-4-8-12/h6-7,10-15,19,25,28H,3-5,8-9,16-17H2,1-2H3,(H,30,31);5-6,9-10,12,15H,2-4,7-8H2,1H3. The lowest BCUT2D eigenvalue weighted by Gasteiger charge is -2.31. The van der Waals surface area contributed by atoms with E-state index >= 15 is 0 Å². The molecule has 3 aromatic carbocycles. The van der Waals surface area contributed by atoms with E-state index in [1.54, 1.807) is 19.2 Å². The number of carboxylic acid groups (broad SMARTS) is 1. The highest BCUT2D eigenvalue weighted by Gasteiger charge is 2.30. The topological polar surface area (TPSA) is 95.9 Å². The van der Waals surface area contributed by atoms with Gasteiger partial charge in [-0.1, -0.05) is 74.9 Å². The maximum atomic E-state index is 12.6. The molecule has 0 spiro atoms. The molecule has 2 aromatic heterocycles. The van der Waals surface area contributed by atoms with Gasteiger partial charge in [0.05, 0.1) is 17.8 Å². The van der Waals surface area contributed by atoms with Gasteiger partial charge in [-0.25, -0.2) is 0 Å². The smallest absolute Gasteiger partial charge is 0.305 e. The first-order valence-corrected chi connectivity index (χ1v) is 19.1. The summed E-state index contributed by atoms with van der Waals surface area (Å²) in [6.07, 6.45) is 12.5. The number of aliphatic carboxylic acids is 1. The molecule has 2 fully saturated rings. The van der Waals surface area contributed by atoms with Crippen LogP contribution in [0.4, 0.5) is 5.69 Å². The molecule has 8 heteroatoms. The van der Waals surface area contributed by atoms with Gasteiger partial charge in [0.25, 0.3) is 5.91 Å². The predicted molar refractivity (Wildman–Crippen MR) is 206 cm³/mol. The predicted octanol–water partition coefficient (Wildman–Crippen LogP) is 11.6. The van der Waals surface area contributed by atoms with Gasteiger partial charge in [0.15, 0.2) is 0 Å². The second-order valence-electron chi connectivity index (χ2n) is 14.4. The van der Waals surface area contributed by atoms with Gasteiger partial charge in [-0.3, -0.25) is 9.59 Å². The van der Waals surface area contributed by atoms with Crippen LogP contribution in [0.2, 0.25) is 0 Å². The summed E-state index contributed by atoms with van der Waals surface area (Å²) in [7, 11) is 1.63. The Bertz CT molecular complexity index is 1920. The van der Waals surface area contributed by atoms with Crippen LogP contribution in [0.25, 0.3) is 21.9 Å². The van der Waals surface area contributed by atoms with Gasteiger partial charge < -0.3 is 24.2 Å². The summed E-state index contributed by atoms with van der Waals surface area (Å²) >= 11 is 6.67. The number of carbonyl (C=O) groups excluding carboxylic acids is 1. The van der Waals surface area contributed by atoms with Gasteiger partial charge in [-0.05, 0) is 93.3 Å². The van der Waals surface area contributed by atoms with E-state index in [1.807, 2.05) is 42.5 Å². The van der Waals surface area contributed by atoms with Crippen molar-refractivity contribution in [3.05, 3.63) is 101 Å². The Morgan fingerprint density at radius 3 is 1.82 bits per heavy atom. The number of nitrogens with one attached hydrogen (secondary N) is 1. The van der Waals surface area contributed by atoms with Crippen molar-refractivity contribution in [2.45, 2.75) is 95.9 Å². The fourth-order valence-corrected chi connectivity index (χ4v) is 8.39. The Kier molecular flexibility index (Phi) is 12.1. The first-order valence-electron chi connectivity index (χ1n) is 18.6. The van der Waals surface area contributed by atoms with Crippen LogP contribution in [0, 0.1) is 25.7 Å². The van der Waals surface area contributed by atoms with Crippen LogP contribution in [0.3, 0.4) is 0 Å². The molecule has 7 nitrogen and oxygen atoms in total. The van der Waals surface area contributed by atoms with Crippen molar-refractivity contribution < 1.29 is 23.5 Å². The Balaban J connectivity index is 0.000000208. The first kappa shape index (κ1) is 36.6. The van der Waals surface area contributed by atoms with Gasteiger partial charge in [-0.15, -0.1) is 11.6 Å². The molecular formula is C43H51ClN2O5. The van der Waals surface area contributed by atoms with Crippen LogP contribution in [-0.2, 0) is 4.79 Å². The molecule has 0 bridgehead atoms. The second-order valence-corrected chi connectivity index (χ2v) is 14.9. The summed E-state index contributed by atoms with van der Waals surface area (Å²) < 4.78 is 12.3. The number of carboxylic acids is 1. The fraction of sp³-hybridized carbons (Fsp3) is 0.442. The normalized spacial score (nSPS) is 16.7. The van der Waals surface area contributed by atoms with E-state index in [0.29, 0.717) is 17.4 Å². The lowest BCUT2D eigenvalue weighted by atomic mass is 9.82. The van der Waals surface area contributed by atoms with Crippen molar-refractivity contribution in [1.29, 1.82) is 0 Å². The number of alkyl halides is 1. The average Bonchev–Trinajstić information content (AvgIpc) is 3.69. The van der Waals surface area contributed by atoms with Crippen molar-refractivity contribution in [2.24, 2.45) is 11.8 Å². The first-order chi connectivity index (χ1) is 24.7. The maximum absolute atomic E-state index is 12.6. The molecule has 0 radical (unpaired) electrons. The number of para-hydroxylation sites is 2. The molecule has 2 heterocycles. The minimum absolute atomic E-state index is 0.0395. The number of benzene rings is 3. The Morgan fingerprint density at radius 1 is 0.765 bits per heavy atom. The highest BCUT2D eigenvalue weighted by Crippen LogP contribution is 2.43. The number of anilines is 1. The SMILES string of the molecule is Cc1c(C(Cl)C2CCCCC2)oc2ccccc12.Cc1c(C(Nc2ccc(C(=O)N(C)CCC(=O)O)cc2)C2CCCCC2)oc2ccccc12. The largest absolute Gasteiger partial charge is 0.481 e. The number of hydrogen-bond donors (Lipinski definition) is 2. The minimum atomic E-state index is -0.913. The highest BCUT2D eigenvalue weighted by atomic mass is 35.5. The number of furan rings is 2. The maximum Gasteiger partial charge on any atom is 0.305 e. The van der Waals surface area contributed by atoms with Crippen molar-refractivity contribution in [1.82, 2.24) is 4.90 Å². The second kappa shape index (κ2) is 16.9. The van der Waals surface area contributed by atoms with E-state index in [4.69, 9.17) is 25.5 Å². The molecule has 2 aliphatic rings. The van der Waals surface area contributed by atoms with Crippen LogP contribution in [0.15, 0.2) is 81.6 Å². The molecule has 2 unspecified atom stereocenters.